The van der Waals surface area contributed by atoms with Gasteiger partial charge in [-0.1, -0.05) is 0 Å². The second-order valence-electron chi connectivity index (χ2n) is 9.33. The van der Waals surface area contributed by atoms with Crippen molar-refractivity contribution in [2.45, 2.75) is 37.6 Å². The first-order valence-electron chi connectivity index (χ1n) is 11.8. The number of carbonyl (C=O) groups excluding carboxylic acids is 1. The fourth-order valence-corrected chi connectivity index (χ4v) is 5.14. The molecule has 1 aromatic heterocycles. The normalized spacial score (nSPS) is 22.9. The molecule has 2 fully saturated rings. The summed E-state index contributed by atoms with van der Waals surface area (Å²) in [4.78, 5) is 15.5. The van der Waals surface area contributed by atoms with Gasteiger partial charge in [0.15, 0.2) is 0 Å². The Bertz CT molecular complexity index is 1160. The molecule has 0 radical (unpaired) electrons. The number of aromatic nitrogens is 1. The summed E-state index contributed by atoms with van der Waals surface area (Å²) < 4.78 is 47.5. The first-order chi connectivity index (χ1) is 16.5. The zero-order valence-corrected chi connectivity index (χ0v) is 18.8. The van der Waals surface area contributed by atoms with Crippen molar-refractivity contribution in [2.24, 2.45) is 5.92 Å². The number of carbonyl (C=O) groups is 1. The van der Waals surface area contributed by atoms with Crippen LogP contribution in [0.25, 0.3) is 22.2 Å². The minimum Gasteiger partial charge on any atom is -0.380 e. The first-order valence-corrected chi connectivity index (χ1v) is 11.8. The summed E-state index contributed by atoms with van der Waals surface area (Å²) in [6.07, 6.45) is 2.85. The first kappa shape index (κ1) is 22.9. The fraction of sp³-hybridized carbons (Fsp3) is 0.423. The molecule has 2 aliphatic rings. The molecular weight excluding hydrogens is 443 g/mol. The van der Waals surface area contributed by atoms with Crippen LogP contribution in [0, 0.1) is 23.4 Å². The van der Waals surface area contributed by atoms with Gasteiger partial charge in [-0.3, -0.25) is 4.79 Å². The van der Waals surface area contributed by atoms with E-state index in [-0.39, 0.29) is 29.2 Å². The van der Waals surface area contributed by atoms with E-state index < -0.39 is 11.6 Å². The van der Waals surface area contributed by atoms with Crippen LogP contribution in [0.2, 0.25) is 0 Å². The lowest BCUT2D eigenvalue weighted by atomic mass is 9.70. The van der Waals surface area contributed by atoms with E-state index in [2.05, 4.69) is 15.6 Å². The molecule has 1 saturated carbocycles. The molecule has 3 aromatic rings. The lowest BCUT2D eigenvalue weighted by Crippen LogP contribution is -2.39. The van der Waals surface area contributed by atoms with Crippen molar-refractivity contribution in [1.29, 1.82) is 0 Å². The van der Waals surface area contributed by atoms with E-state index in [1.165, 1.54) is 18.2 Å². The number of benzene rings is 2. The van der Waals surface area contributed by atoms with E-state index in [9.17, 15) is 18.0 Å². The Labute approximate surface area is 196 Å². The molecule has 0 bridgehead atoms. The number of H-pyrrole nitrogens is 1. The topological polar surface area (TPSA) is 66.2 Å². The zero-order valence-electron chi connectivity index (χ0n) is 18.8. The molecule has 1 atom stereocenters. The molecule has 2 heterocycles. The SMILES string of the molecule is O=C(CC1CCOCCN1)NCC1CC(c2c(-c3ccc(F)cc3)[nH]c3c(F)cc(F)cc23)C1. The van der Waals surface area contributed by atoms with Gasteiger partial charge in [0.25, 0.3) is 0 Å². The van der Waals surface area contributed by atoms with E-state index in [0.29, 0.717) is 43.2 Å². The number of ether oxygens (including phenoxy) is 1. The molecule has 1 unspecified atom stereocenters. The molecule has 5 nitrogen and oxygen atoms in total. The number of hydrogen-bond acceptors (Lipinski definition) is 3. The molecule has 1 aliphatic carbocycles. The van der Waals surface area contributed by atoms with Crippen molar-refractivity contribution in [3.05, 3.63) is 59.4 Å². The molecule has 1 amide bonds. The van der Waals surface area contributed by atoms with Crippen LogP contribution in [0.1, 0.15) is 37.2 Å². The predicted molar refractivity (Wildman–Crippen MR) is 124 cm³/mol. The highest BCUT2D eigenvalue weighted by Gasteiger charge is 2.35. The monoisotopic (exact) mass is 471 g/mol. The number of hydrogen-bond donors (Lipinski definition) is 3. The number of halogens is 3. The van der Waals surface area contributed by atoms with Gasteiger partial charge in [0, 0.05) is 43.6 Å². The van der Waals surface area contributed by atoms with Crippen molar-refractivity contribution in [1.82, 2.24) is 15.6 Å². The van der Waals surface area contributed by atoms with Gasteiger partial charge in [-0.05, 0) is 72.6 Å². The van der Waals surface area contributed by atoms with Gasteiger partial charge in [-0.2, -0.15) is 0 Å². The van der Waals surface area contributed by atoms with Crippen molar-refractivity contribution in [2.75, 3.05) is 26.3 Å². The fourth-order valence-electron chi connectivity index (χ4n) is 5.14. The summed E-state index contributed by atoms with van der Waals surface area (Å²) in [5.41, 5.74) is 2.52. The van der Waals surface area contributed by atoms with Gasteiger partial charge in [-0.15, -0.1) is 0 Å². The van der Waals surface area contributed by atoms with Crippen molar-refractivity contribution < 1.29 is 22.7 Å². The summed E-state index contributed by atoms with van der Waals surface area (Å²) in [5.74, 6) is -1.22. The van der Waals surface area contributed by atoms with E-state index in [1.807, 2.05) is 0 Å². The van der Waals surface area contributed by atoms with Gasteiger partial charge in [0.1, 0.15) is 17.5 Å². The minimum atomic E-state index is -0.648. The van der Waals surface area contributed by atoms with Crippen LogP contribution < -0.4 is 10.6 Å². The molecule has 5 rings (SSSR count). The lowest BCUT2D eigenvalue weighted by Gasteiger charge is -2.36. The zero-order chi connectivity index (χ0) is 23.7. The number of nitrogens with one attached hydrogen (secondary N) is 3. The van der Waals surface area contributed by atoms with Crippen LogP contribution in [0.15, 0.2) is 36.4 Å². The van der Waals surface area contributed by atoms with E-state index in [1.54, 1.807) is 12.1 Å². The number of aromatic amines is 1. The molecule has 2 aromatic carbocycles. The third-order valence-electron chi connectivity index (χ3n) is 6.95. The third-order valence-corrected chi connectivity index (χ3v) is 6.95. The summed E-state index contributed by atoms with van der Waals surface area (Å²) in [7, 11) is 0. The molecule has 8 heteroatoms. The molecular formula is C26H28F3N3O2. The third kappa shape index (κ3) is 4.83. The predicted octanol–water partition coefficient (Wildman–Crippen LogP) is 4.63. The molecule has 0 spiro atoms. The highest BCUT2D eigenvalue weighted by molar-refractivity contribution is 5.92. The second kappa shape index (κ2) is 9.80. The van der Waals surface area contributed by atoms with Crippen LogP contribution in [0.4, 0.5) is 13.2 Å². The Morgan fingerprint density at radius 3 is 2.65 bits per heavy atom. The maximum atomic E-state index is 14.5. The van der Waals surface area contributed by atoms with Gasteiger partial charge < -0.3 is 20.4 Å². The van der Waals surface area contributed by atoms with Crippen molar-refractivity contribution in [3.8, 4) is 11.3 Å². The van der Waals surface area contributed by atoms with Crippen LogP contribution in [0.3, 0.4) is 0 Å². The van der Waals surface area contributed by atoms with Gasteiger partial charge >= 0.3 is 0 Å². The second-order valence-corrected chi connectivity index (χ2v) is 9.33. The van der Waals surface area contributed by atoms with Gasteiger partial charge in [0.05, 0.1) is 17.8 Å². The van der Waals surface area contributed by atoms with E-state index >= 15 is 0 Å². The van der Waals surface area contributed by atoms with Crippen LogP contribution in [0.5, 0.6) is 0 Å². The molecule has 1 saturated heterocycles. The Morgan fingerprint density at radius 2 is 1.85 bits per heavy atom. The molecule has 34 heavy (non-hydrogen) atoms. The quantitative estimate of drug-likeness (QED) is 0.491. The largest absolute Gasteiger partial charge is 0.380 e. The summed E-state index contributed by atoms with van der Waals surface area (Å²) in [5, 5.41) is 6.89. The number of amides is 1. The maximum absolute atomic E-state index is 14.5. The highest BCUT2D eigenvalue weighted by Crippen LogP contribution is 2.48. The Morgan fingerprint density at radius 1 is 1.06 bits per heavy atom. The molecule has 180 valence electrons. The standard InChI is InChI=1S/C26H28F3N3O2/c27-18-3-1-16(2-4-18)25-24(21-11-19(28)12-22(29)26(21)32-25)17-9-15(10-17)14-31-23(33)13-20-5-7-34-8-6-30-20/h1-4,11-12,15,17,20,30,32H,5-10,13-14H2,(H,31,33). The maximum Gasteiger partial charge on any atom is 0.221 e. The molecule has 1 aliphatic heterocycles. The number of rotatable bonds is 6. The smallest absolute Gasteiger partial charge is 0.221 e. The van der Waals surface area contributed by atoms with E-state index in [0.717, 1.165) is 43.0 Å². The summed E-state index contributed by atoms with van der Waals surface area (Å²) in [6, 6.07) is 8.35. The highest BCUT2D eigenvalue weighted by atomic mass is 19.1. The lowest BCUT2D eigenvalue weighted by molar-refractivity contribution is -0.122. The van der Waals surface area contributed by atoms with Gasteiger partial charge in [-0.25, -0.2) is 13.2 Å². The van der Waals surface area contributed by atoms with Crippen LogP contribution >= 0.6 is 0 Å². The van der Waals surface area contributed by atoms with Gasteiger partial charge in [0.2, 0.25) is 5.91 Å². The number of fused-ring (bicyclic) bond motifs is 1. The Balaban J connectivity index is 1.28. The minimum absolute atomic E-state index is 0.0195. The molecule has 3 N–H and O–H groups in total. The average molecular weight is 472 g/mol. The van der Waals surface area contributed by atoms with E-state index in [4.69, 9.17) is 4.74 Å². The summed E-state index contributed by atoms with van der Waals surface area (Å²) >= 11 is 0. The Kier molecular flexibility index (Phi) is 6.61. The van der Waals surface area contributed by atoms with Crippen molar-refractivity contribution in [3.63, 3.8) is 0 Å². The summed E-state index contributed by atoms with van der Waals surface area (Å²) in [6.45, 7) is 2.67. The van der Waals surface area contributed by atoms with Crippen LogP contribution in [-0.2, 0) is 9.53 Å². The van der Waals surface area contributed by atoms with Crippen LogP contribution in [-0.4, -0.2) is 43.2 Å². The average Bonchev–Trinajstić information content (AvgIpc) is 2.96. The van der Waals surface area contributed by atoms with Crippen molar-refractivity contribution >= 4 is 16.8 Å². The Hall–Kier alpha value is -2.84.